The topological polar surface area (TPSA) is 49.3 Å². The van der Waals surface area contributed by atoms with Gasteiger partial charge >= 0.3 is 0 Å². The molecule has 0 radical (unpaired) electrons. The summed E-state index contributed by atoms with van der Waals surface area (Å²) in [7, 11) is 3.32. The summed E-state index contributed by atoms with van der Waals surface area (Å²) < 4.78 is 10.8. The Morgan fingerprint density at radius 2 is 1.74 bits per heavy atom. The predicted octanol–water partition coefficient (Wildman–Crippen LogP) is 3.78. The number of hydrogen-bond acceptors (Lipinski definition) is 6. The number of rotatable bonds is 6. The summed E-state index contributed by atoms with van der Waals surface area (Å²) in [5, 5.41) is 3.79. The Hall–Kier alpha value is -2.73. The van der Waals surface area contributed by atoms with E-state index in [0.29, 0.717) is 6.04 Å². The van der Waals surface area contributed by atoms with Gasteiger partial charge in [-0.05, 0) is 68.5 Å². The number of benzene rings is 1. The van der Waals surface area contributed by atoms with E-state index >= 15 is 0 Å². The van der Waals surface area contributed by atoms with Crippen LogP contribution in [0, 0.1) is 0 Å². The molecule has 3 heterocycles. The van der Waals surface area contributed by atoms with Gasteiger partial charge in [-0.25, -0.2) is 4.99 Å². The van der Waals surface area contributed by atoms with E-state index in [0.717, 1.165) is 54.3 Å². The van der Waals surface area contributed by atoms with Crippen LogP contribution < -0.4 is 14.8 Å². The second-order valence-electron chi connectivity index (χ2n) is 8.83. The van der Waals surface area contributed by atoms with Gasteiger partial charge in [0.25, 0.3) is 0 Å². The highest BCUT2D eigenvalue weighted by Crippen LogP contribution is 2.33. The maximum atomic E-state index is 5.47. The van der Waals surface area contributed by atoms with Crippen molar-refractivity contribution in [2.24, 2.45) is 4.99 Å². The van der Waals surface area contributed by atoms with Gasteiger partial charge in [-0.1, -0.05) is 0 Å². The van der Waals surface area contributed by atoms with E-state index in [1.165, 1.54) is 37.0 Å². The Bertz CT molecular complexity index is 966. The van der Waals surface area contributed by atoms with Crippen LogP contribution in [0.2, 0.25) is 0 Å². The van der Waals surface area contributed by atoms with Gasteiger partial charge in [0.05, 0.1) is 25.6 Å². The number of methoxy groups -OCH3 is 2. The Labute approximate surface area is 184 Å². The Kier molecular flexibility index (Phi) is 5.48. The molecule has 4 aliphatic rings. The number of nitrogens with zero attached hydrogens (tertiary/aromatic N) is 3. The lowest BCUT2D eigenvalue weighted by Gasteiger charge is -2.38. The van der Waals surface area contributed by atoms with Crippen LogP contribution in [0.25, 0.3) is 5.70 Å². The number of ether oxygens (including phenoxy) is 2. The zero-order valence-corrected chi connectivity index (χ0v) is 18.7. The zero-order chi connectivity index (χ0) is 21.4. The minimum Gasteiger partial charge on any atom is -0.493 e. The molecule has 0 unspecified atom stereocenters. The number of likely N-dealkylation sites (tertiary alicyclic amines) is 1. The number of amidine groups is 1. The normalized spacial score (nSPS) is 21.6. The number of piperidine rings is 1. The molecule has 1 saturated heterocycles. The molecule has 0 bridgehead atoms. The first-order valence-electron chi connectivity index (χ1n) is 11.3. The van der Waals surface area contributed by atoms with Crippen molar-refractivity contribution in [3.63, 3.8) is 0 Å². The highest BCUT2D eigenvalue weighted by molar-refractivity contribution is 6.04. The van der Waals surface area contributed by atoms with Crippen LogP contribution in [0.5, 0.6) is 11.5 Å². The number of aliphatic imine (C=N–C) groups is 1. The second-order valence-corrected chi connectivity index (χ2v) is 8.83. The van der Waals surface area contributed by atoms with Crippen LogP contribution in [0.3, 0.4) is 0 Å². The average Bonchev–Trinajstić information content (AvgIpc) is 3.63. The fourth-order valence-electron chi connectivity index (χ4n) is 4.65. The predicted molar refractivity (Wildman–Crippen MR) is 124 cm³/mol. The highest BCUT2D eigenvalue weighted by Gasteiger charge is 2.29. The quantitative estimate of drug-likeness (QED) is 0.759. The summed E-state index contributed by atoms with van der Waals surface area (Å²) in [5.74, 6) is 2.48. The summed E-state index contributed by atoms with van der Waals surface area (Å²) in [5.41, 5.74) is 4.53. The van der Waals surface area contributed by atoms with Gasteiger partial charge < -0.3 is 24.6 Å². The van der Waals surface area contributed by atoms with E-state index < -0.39 is 0 Å². The lowest BCUT2D eigenvalue weighted by molar-refractivity contribution is 0.243. The SMILES string of the molecule is COc1ccc(C2=CCN3C=C(N4CCC(NC5CC5)CC4)C=C(C)C3=N2)cc1OC. The first-order chi connectivity index (χ1) is 15.1. The zero-order valence-electron chi connectivity index (χ0n) is 18.7. The smallest absolute Gasteiger partial charge is 0.161 e. The molecule has 6 heteroatoms. The minimum absolute atomic E-state index is 0.692. The molecule has 1 N–H and O–H groups in total. The third-order valence-electron chi connectivity index (χ3n) is 6.57. The number of allylic oxidation sites excluding steroid dienone is 1. The monoisotopic (exact) mass is 420 g/mol. The van der Waals surface area contributed by atoms with Crippen molar-refractivity contribution < 1.29 is 9.47 Å². The lowest BCUT2D eigenvalue weighted by atomic mass is 10.0. The second kappa shape index (κ2) is 8.42. The molecule has 0 aromatic heterocycles. The summed E-state index contributed by atoms with van der Waals surface area (Å²) in [4.78, 5) is 9.78. The summed E-state index contributed by atoms with van der Waals surface area (Å²) >= 11 is 0. The van der Waals surface area contributed by atoms with Gasteiger partial charge in [0.15, 0.2) is 11.5 Å². The van der Waals surface area contributed by atoms with E-state index in [9.17, 15) is 0 Å². The maximum absolute atomic E-state index is 5.47. The first-order valence-corrected chi connectivity index (χ1v) is 11.3. The molecule has 3 aliphatic heterocycles. The van der Waals surface area contributed by atoms with Gasteiger partial charge in [0, 0.05) is 43.5 Å². The van der Waals surface area contributed by atoms with E-state index in [2.05, 4.69) is 40.4 Å². The third-order valence-corrected chi connectivity index (χ3v) is 6.57. The number of fused-ring (bicyclic) bond motifs is 1. The van der Waals surface area contributed by atoms with Gasteiger partial charge in [-0.3, -0.25) is 0 Å². The molecule has 0 amide bonds. The van der Waals surface area contributed by atoms with E-state index in [4.69, 9.17) is 14.5 Å². The molecule has 164 valence electrons. The van der Waals surface area contributed by atoms with Crippen molar-refractivity contribution in [1.29, 1.82) is 0 Å². The Balaban J connectivity index is 1.29. The van der Waals surface area contributed by atoms with E-state index in [1.807, 2.05) is 18.2 Å². The van der Waals surface area contributed by atoms with Crippen LogP contribution >= 0.6 is 0 Å². The van der Waals surface area contributed by atoms with E-state index in [1.54, 1.807) is 14.2 Å². The van der Waals surface area contributed by atoms with E-state index in [-0.39, 0.29) is 0 Å². The third kappa shape index (κ3) is 4.22. The van der Waals surface area contributed by atoms with Crippen LogP contribution in [0.1, 0.15) is 38.2 Å². The number of hydrogen-bond donors (Lipinski definition) is 1. The minimum atomic E-state index is 0.692. The van der Waals surface area contributed by atoms with Crippen molar-refractivity contribution >= 4 is 11.5 Å². The first kappa shape index (κ1) is 20.2. The molecule has 6 nitrogen and oxygen atoms in total. The molecule has 1 aromatic carbocycles. The van der Waals surface area contributed by atoms with Crippen molar-refractivity contribution in [2.45, 2.75) is 44.7 Å². The molecule has 31 heavy (non-hydrogen) atoms. The standard InChI is InChI=1S/C25H32N4O2/c1-17-14-21(28-11-8-20(9-12-28)26-19-5-6-19)16-29-13-10-22(27-25(17)29)18-4-7-23(30-2)24(15-18)31-3/h4,7,10,14-16,19-20,26H,5-6,8-9,11-13H2,1-3H3. The molecule has 2 fully saturated rings. The molecule has 0 spiro atoms. The summed E-state index contributed by atoms with van der Waals surface area (Å²) in [6.45, 7) is 5.22. The fraction of sp³-hybridized carbons (Fsp3) is 0.480. The molecule has 0 atom stereocenters. The van der Waals surface area contributed by atoms with Crippen molar-refractivity contribution in [2.75, 3.05) is 33.9 Å². The van der Waals surface area contributed by atoms with Crippen LogP contribution in [0.4, 0.5) is 0 Å². The lowest BCUT2D eigenvalue weighted by Crippen LogP contribution is -2.44. The van der Waals surface area contributed by atoms with Gasteiger partial charge in [-0.15, -0.1) is 0 Å². The Morgan fingerprint density at radius 1 is 1.00 bits per heavy atom. The van der Waals surface area contributed by atoms with Crippen molar-refractivity contribution in [3.8, 4) is 11.5 Å². The fourth-order valence-corrected chi connectivity index (χ4v) is 4.65. The van der Waals surface area contributed by atoms with Crippen molar-refractivity contribution in [1.82, 2.24) is 15.1 Å². The van der Waals surface area contributed by atoms with Gasteiger partial charge in [-0.2, -0.15) is 0 Å². The molecule has 1 saturated carbocycles. The van der Waals surface area contributed by atoms with Crippen LogP contribution in [0.15, 0.2) is 52.8 Å². The summed E-state index contributed by atoms with van der Waals surface area (Å²) in [6, 6.07) is 7.46. The van der Waals surface area contributed by atoms with Crippen LogP contribution in [-0.2, 0) is 0 Å². The molecular formula is C25H32N4O2. The van der Waals surface area contributed by atoms with Crippen molar-refractivity contribution in [3.05, 3.63) is 53.4 Å². The molecular weight excluding hydrogens is 388 g/mol. The van der Waals surface area contributed by atoms with Crippen LogP contribution in [-0.4, -0.2) is 61.6 Å². The summed E-state index contributed by atoms with van der Waals surface area (Å²) in [6.07, 6.45) is 11.9. The highest BCUT2D eigenvalue weighted by atomic mass is 16.5. The molecule has 5 rings (SSSR count). The number of nitrogens with one attached hydrogen (secondary N) is 1. The largest absolute Gasteiger partial charge is 0.493 e. The van der Waals surface area contributed by atoms with Gasteiger partial charge in [0.2, 0.25) is 0 Å². The molecule has 1 aliphatic carbocycles. The Morgan fingerprint density at radius 3 is 2.45 bits per heavy atom. The van der Waals surface area contributed by atoms with Gasteiger partial charge in [0.1, 0.15) is 5.84 Å². The average molecular weight is 421 g/mol. The maximum Gasteiger partial charge on any atom is 0.161 e. The molecule has 1 aromatic rings.